The summed E-state index contributed by atoms with van der Waals surface area (Å²) in [5.41, 5.74) is 1.05. The van der Waals surface area contributed by atoms with Crippen LogP contribution < -0.4 is 10.9 Å². The maximum atomic E-state index is 12.7. The van der Waals surface area contributed by atoms with Gasteiger partial charge in [0.15, 0.2) is 5.82 Å². The van der Waals surface area contributed by atoms with Crippen molar-refractivity contribution in [2.75, 3.05) is 0 Å². The third kappa shape index (κ3) is 1.01. The van der Waals surface area contributed by atoms with E-state index in [4.69, 9.17) is 5.11 Å². The van der Waals surface area contributed by atoms with Crippen LogP contribution in [0.4, 0.5) is 4.39 Å². The summed E-state index contributed by atoms with van der Waals surface area (Å²) in [6, 6.07) is 3.33. The van der Waals surface area contributed by atoms with E-state index in [1.807, 2.05) is 0 Å². The molecule has 0 aliphatic heterocycles. The van der Waals surface area contributed by atoms with Crippen molar-refractivity contribution in [1.29, 1.82) is 0 Å². The van der Waals surface area contributed by atoms with Gasteiger partial charge >= 0.3 is 0 Å². The predicted molar refractivity (Wildman–Crippen MR) is 44.4 cm³/mol. The van der Waals surface area contributed by atoms with Gasteiger partial charge in [0.05, 0.1) is 0 Å². The van der Waals surface area contributed by atoms with Crippen LogP contribution in [0.2, 0.25) is 0 Å². The van der Waals surface area contributed by atoms with Crippen molar-refractivity contribution in [3.63, 3.8) is 0 Å². The van der Waals surface area contributed by atoms with Crippen LogP contribution in [-0.4, -0.2) is 20.8 Å². The second kappa shape index (κ2) is 2.37. The molecule has 1 rings (SSSR count). The van der Waals surface area contributed by atoms with Crippen LogP contribution in [0.25, 0.3) is 0 Å². The van der Waals surface area contributed by atoms with E-state index < -0.39 is 5.82 Å². The Kier molecular flexibility index (Phi) is 1.70. The van der Waals surface area contributed by atoms with Crippen molar-refractivity contribution in [2.24, 2.45) is 0 Å². The summed E-state index contributed by atoms with van der Waals surface area (Å²) in [7, 11) is 3.28. The van der Waals surface area contributed by atoms with Gasteiger partial charge in [-0.1, -0.05) is 17.6 Å². The lowest BCUT2D eigenvalue weighted by Gasteiger charge is -2.01. The maximum absolute atomic E-state index is 12.7. The number of hydrogen-bond acceptors (Lipinski definition) is 1. The Morgan fingerprint density at radius 2 is 1.70 bits per heavy atom. The number of hydrogen-bond donors (Lipinski definition) is 1. The van der Waals surface area contributed by atoms with Gasteiger partial charge in [-0.25, -0.2) is 4.39 Å². The lowest BCUT2D eigenvalue weighted by Crippen LogP contribution is -2.15. The fraction of sp³-hybridized carbons (Fsp3) is 0. The first-order valence-electron chi connectivity index (χ1n) is 3.07. The summed E-state index contributed by atoms with van der Waals surface area (Å²) in [5, 5.41) is 9.01. The van der Waals surface area contributed by atoms with Crippen molar-refractivity contribution >= 4 is 26.6 Å². The molecule has 1 aromatic carbocycles. The fourth-order valence-corrected chi connectivity index (χ4v) is 0.762. The lowest BCUT2D eigenvalue weighted by atomic mass is 9.88. The molecule has 10 heavy (non-hydrogen) atoms. The van der Waals surface area contributed by atoms with Gasteiger partial charge in [0.1, 0.15) is 21.4 Å². The third-order valence-corrected chi connectivity index (χ3v) is 1.51. The Labute approximate surface area is 60.7 Å². The Balaban J connectivity index is 3.34. The van der Waals surface area contributed by atoms with Crippen LogP contribution in [0.5, 0.6) is 5.75 Å². The van der Waals surface area contributed by atoms with Gasteiger partial charge in [-0.05, 0) is 5.46 Å². The van der Waals surface area contributed by atoms with Gasteiger partial charge in [-0.15, -0.1) is 0 Å². The highest BCUT2D eigenvalue weighted by atomic mass is 19.1. The van der Waals surface area contributed by atoms with Gasteiger partial charge in [0.25, 0.3) is 0 Å². The average molecular weight is 136 g/mol. The summed E-state index contributed by atoms with van der Waals surface area (Å²) < 4.78 is 12.7. The number of rotatable bonds is 0. The Morgan fingerprint density at radius 3 is 2.20 bits per heavy atom. The third-order valence-electron chi connectivity index (χ3n) is 1.51. The SMILES string of the molecule is Bc1ccc(B)c(F)c1O. The van der Waals surface area contributed by atoms with E-state index in [-0.39, 0.29) is 5.75 Å². The van der Waals surface area contributed by atoms with Crippen LogP contribution in [-0.2, 0) is 0 Å². The van der Waals surface area contributed by atoms with Crippen molar-refractivity contribution in [2.45, 2.75) is 0 Å². The molecule has 1 N–H and O–H groups in total. The molecule has 0 saturated carbocycles. The molecule has 0 fully saturated rings. The molecule has 0 heterocycles. The van der Waals surface area contributed by atoms with Crippen LogP contribution in [0.3, 0.4) is 0 Å². The number of halogens is 1. The Bertz CT molecular complexity index is 235. The molecule has 0 aromatic heterocycles. The second-order valence-electron chi connectivity index (χ2n) is 2.36. The van der Waals surface area contributed by atoms with E-state index >= 15 is 0 Å². The van der Waals surface area contributed by atoms with Crippen LogP contribution in [0.1, 0.15) is 0 Å². The summed E-state index contributed by atoms with van der Waals surface area (Å²) in [6.45, 7) is 0. The predicted octanol–water partition coefficient (Wildman–Crippen LogP) is -1.95. The zero-order valence-corrected chi connectivity index (χ0v) is 5.98. The highest BCUT2D eigenvalue weighted by molar-refractivity contribution is 6.37. The topological polar surface area (TPSA) is 20.2 Å². The second-order valence-corrected chi connectivity index (χ2v) is 2.36. The molecular weight excluding hydrogens is 129 g/mol. The summed E-state index contributed by atoms with van der Waals surface area (Å²) in [6.07, 6.45) is 0. The normalized spacial score (nSPS) is 9.70. The largest absolute Gasteiger partial charge is 0.506 e. The molecule has 50 valence electrons. The molecule has 1 aromatic rings. The number of aromatic hydroxyl groups is 1. The number of phenolic OH excluding ortho intramolecular Hbond substituents is 1. The molecule has 0 amide bonds. The first-order valence-corrected chi connectivity index (χ1v) is 3.07. The fourth-order valence-electron chi connectivity index (χ4n) is 0.762. The van der Waals surface area contributed by atoms with Gasteiger partial charge in [-0.3, -0.25) is 0 Å². The van der Waals surface area contributed by atoms with Crippen molar-refractivity contribution in [3.05, 3.63) is 17.9 Å². The van der Waals surface area contributed by atoms with E-state index in [0.29, 0.717) is 10.9 Å². The van der Waals surface area contributed by atoms with Gasteiger partial charge < -0.3 is 5.11 Å². The van der Waals surface area contributed by atoms with Gasteiger partial charge in [-0.2, -0.15) is 0 Å². The monoisotopic (exact) mass is 136 g/mol. The lowest BCUT2D eigenvalue weighted by molar-refractivity contribution is 0.439. The van der Waals surface area contributed by atoms with E-state index in [1.165, 1.54) is 0 Å². The molecule has 0 saturated heterocycles. The smallest absolute Gasteiger partial charge is 0.157 e. The number of benzene rings is 1. The van der Waals surface area contributed by atoms with Gasteiger partial charge in [0.2, 0.25) is 0 Å². The van der Waals surface area contributed by atoms with Crippen molar-refractivity contribution in [1.82, 2.24) is 0 Å². The minimum Gasteiger partial charge on any atom is -0.506 e. The van der Waals surface area contributed by atoms with Crippen LogP contribution in [0.15, 0.2) is 12.1 Å². The molecule has 1 nitrogen and oxygen atoms in total. The molecule has 0 atom stereocenters. The summed E-state index contributed by atoms with van der Waals surface area (Å²) >= 11 is 0. The molecule has 0 unspecified atom stereocenters. The first kappa shape index (κ1) is 7.19. The highest BCUT2D eigenvalue weighted by Gasteiger charge is 2.04. The molecule has 0 aliphatic rings. The average Bonchev–Trinajstić information content (AvgIpc) is 1.93. The van der Waals surface area contributed by atoms with Gasteiger partial charge in [0, 0.05) is 0 Å². The highest BCUT2D eigenvalue weighted by Crippen LogP contribution is 2.06. The van der Waals surface area contributed by atoms with Crippen LogP contribution >= 0.6 is 0 Å². The zero-order chi connectivity index (χ0) is 7.72. The maximum Gasteiger partial charge on any atom is 0.157 e. The van der Waals surface area contributed by atoms with E-state index in [9.17, 15) is 4.39 Å². The Morgan fingerprint density at radius 1 is 1.20 bits per heavy atom. The quantitative estimate of drug-likeness (QED) is 0.410. The minimum absolute atomic E-state index is 0.236. The van der Waals surface area contributed by atoms with Crippen LogP contribution in [0, 0.1) is 5.82 Å². The molecule has 4 heteroatoms. The number of phenols is 1. The van der Waals surface area contributed by atoms with Crippen molar-refractivity contribution < 1.29 is 9.50 Å². The van der Waals surface area contributed by atoms with E-state index in [0.717, 1.165) is 0 Å². The molecule has 0 radical (unpaired) electrons. The van der Waals surface area contributed by atoms with Crippen molar-refractivity contribution in [3.8, 4) is 5.75 Å². The standard InChI is InChI=1S/C6H7B2FO/c7-3-1-2-4(8)6(10)5(3)9/h1-2,10H,7-8H2. The Hall–Kier alpha value is -0.920. The molecule has 0 aliphatic carbocycles. The molecular formula is C6H7B2FO. The first-order chi connectivity index (χ1) is 4.63. The summed E-state index contributed by atoms with van der Waals surface area (Å²) in [4.78, 5) is 0. The molecule has 0 spiro atoms. The molecule has 0 bridgehead atoms. The zero-order valence-electron chi connectivity index (χ0n) is 5.98. The van der Waals surface area contributed by atoms with E-state index in [1.54, 1.807) is 27.8 Å². The van der Waals surface area contributed by atoms with E-state index in [2.05, 4.69) is 0 Å². The summed E-state index contributed by atoms with van der Waals surface area (Å²) in [5.74, 6) is -0.750. The minimum atomic E-state index is -0.514.